The Morgan fingerprint density at radius 3 is 2.32 bits per heavy atom. The third kappa shape index (κ3) is 12.3. The molecule has 56 heavy (non-hydrogen) atoms. The van der Waals surface area contributed by atoms with Crippen molar-refractivity contribution in [2.45, 2.75) is 56.7 Å². The highest BCUT2D eigenvalue weighted by Gasteiger charge is 2.41. The number of aliphatic hydroxyl groups excluding tert-OH is 1. The molecule has 1 aliphatic rings. The SMILES string of the molecule is COCC(O)COC1CN(C(=O)CCCO[N+](=O)[O-])CC(OCc2cc(OC)c3ccccc3c2)C1c1ccc(OCCCOCc2ccccc2OC)cc1. The number of fused-ring (bicyclic) bond motifs is 1. The Balaban J connectivity index is 1.31. The van der Waals surface area contributed by atoms with Crippen molar-refractivity contribution in [3.63, 3.8) is 0 Å². The molecule has 0 aliphatic carbocycles. The lowest BCUT2D eigenvalue weighted by molar-refractivity contribution is -0.757. The lowest BCUT2D eigenvalue weighted by atomic mass is 9.84. The van der Waals surface area contributed by atoms with E-state index < -0.39 is 23.4 Å². The molecule has 0 aromatic heterocycles. The first-order chi connectivity index (χ1) is 27.3. The number of rotatable bonds is 23. The predicted octanol–water partition coefficient (Wildman–Crippen LogP) is 5.73. The van der Waals surface area contributed by atoms with Gasteiger partial charge >= 0.3 is 0 Å². The van der Waals surface area contributed by atoms with Crippen molar-refractivity contribution in [3.05, 3.63) is 112 Å². The number of benzene rings is 4. The summed E-state index contributed by atoms with van der Waals surface area (Å²) in [6.07, 6.45) is -1.07. The van der Waals surface area contributed by atoms with Crippen molar-refractivity contribution >= 4 is 16.7 Å². The number of hydrogen-bond acceptors (Lipinski definition) is 12. The van der Waals surface area contributed by atoms with Gasteiger partial charge in [-0.2, -0.15) is 0 Å². The van der Waals surface area contributed by atoms with E-state index in [-0.39, 0.29) is 64.2 Å². The summed E-state index contributed by atoms with van der Waals surface area (Å²) in [7, 11) is 4.78. The zero-order valence-corrected chi connectivity index (χ0v) is 32.2. The number of para-hydroxylation sites is 1. The number of hydrogen-bond donors (Lipinski definition) is 1. The van der Waals surface area contributed by atoms with Crippen molar-refractivity contribution in [3.8, 4) is 17.2 Å². The van der Waals surface area contributed by atoms with Gasteiger partial charge < -0.3 is 48.0 Å². The molecule has 1 fully saturated rings. The van der Waals surface area contributed by atoms with Crippen LogP contribution in [-0.2, 0) is 41.8 Å². The molecule has 5 rings (SSSR count). The molecular weight excluding hydrogens is 724 g/mol. The number of piperidine rings is 1. The van der Waals surface area contributed by atoms with Crippen molar-refractivity contribution in [1.82, 2.24) is 4.90 Å². The van der Waals surface area contributed by atoms with Gasteiger partial charge in [0.25, 0.3) is 5.09 Å². The quantitative estimate of drug-likeness (QED) is 0.0555. The minimum absolute atomic E-state index is 0.0252. The number of carbonyl (C=O) groups is 1. The Hall–Kier alpha value is -4.99. The highest BCUT2D eigenvalue weighted by Crippen LogP contribution is 2.36. The number of methoxy groups -OCH3 is 3. The van der Waals surface area contributed by atoms with Crippen LogP contribution < -0.4 is 14.2 Å². The van der Waals surface area contributed by atoms with Gasteiger partial charge in [0.05, 0.1) is 72.7 Å². The van der Waals surface area contributed by atoms with E-state index in [1.165, 1.54) is 7.11 Å². The summed E-state index contributed by atoms with van der Waals surface area (Å²) in [5.74, 6) is 1.66. The monoisotopic (exact) mass is 776 g/mol. The molecule has 4 aromatic rings. The summed E-state index contributed by atoms with van der Waals surface area (Å²) >= 11 is 0. The molecule has 4 aromatic carbocycles. The minimum atomic E-state index is -0.884. The van der Waals surface area contributed by atoms with Crippen LogP contribution in [-0.4, -0.2) is 107 Å². The predicted molar refractivity (Wildman–Crippen MR) is 207 cm³/mol. The van der Waals surface area contributed by atoms with Crippen LogP contribution in [0.1, 0.15) is 41.9 Å². The van der Waals surface area contributed by atoms with E-state index in [1.54, 1.807) is 19.1 Å². The van der Waals surface area contributed by atoms with E-state index in [4.69, 9.17) is 33.2 Å². The molecule has 302 valence electrons. The van der Waals surface area contributed by atoms with Gasteiger partial charge in [0.2, 0.25) is 5.91 Å². The molecule has 14 heteroatoms. The van der Waals surface area contributed by atoms with Crippen molar-refractivity contribution < 1.29 is 53.0 Å². The Morgan fingerprint density at radius 1 is 0.839 bits per heavy atom. The smallest absolute Gasteiger partial charge is 0.294 e. The zero-order chi connectivity index (χ0) is 39.7. The van der Waals surface area contributed by atoms with Crippen LogP contribution in [0.5, 0.6) is 17.2 Å². The lowest BCUT2D eigenvalue weighted by Crippen LogP contribution is -2.55. The number of nitrogens with zero attached hydrogens (tertiary/aromatic N) is 2. The van der Waals surface area contributed by atoms with E-state index in [0.717, 1.165) is 39.0 Å². The van der Waals surface area contributed by atoms with Gasteiger partial charge in [-0.05, 0) is 53.3 Å². The number of likely N-dealkylation sites (tertiary alicyclic amines) is 1. The molecule has 1 saturated heterocycles. The first kappa shape index (κ1) is 42.2. The van der Waals surface area contributed by atoms with Crippen molar-refractivity contribution in [2.24, 2.45) is 0 Å². The van der Waals surface area contributed by atoms with Crippen LogP contribution in [0, 0.1) is 10.1 Å². The molecule has 0 radical (unpaired) electrons. The largest absolute Gasteiger partial charge is 0.496 e. The first-order valence-corrected chi connectivity index (χ1v) is 18.7. The van der Waals surface area contributed by atoms with Crippen LogP contribution in [0.15, 0.2) is 84.9 Å². The topological polar surface area (TPSA) is 158 Å². The number of ether oxygens (including phenoxy) is 7. The second-order valence-corrected chi connectivity index (χ2v) is 13.5. The molecule has 1 aliphatic heterocycles. The highest BCUT2D eigenvalue weighted by atomic mass is 16.9. The number of amides is 1. The van der Waals surface area contributed by atoms with E-state index in [9.17, 15) is 20.0 Å². The standard InChI is InChI=1S/C42H52N2O12/c1-49-28-34(45)29-55-40-25-43(41(46)14-8-21-56-44(47)48)24-39(54-26-30-22-32-10-4-6-12-36(32)38(23-30)51-3)42(40)31-15-17-35(18-16-31)53-20-9-19-52-27-33-11-5-7-13-37(33)50-2/h4-7,10-13,15-18,22-23,34,39-40,42,45H,8-9,14,19-21,24-29H2,1-3H3. The average Bonchev–Trinajstić information content (AvgIpc) is 3.21. The molecular formula is C42H52N2O12. The second kappa shape index (κ2) is 21.9. The number of aliphatic hydroxyl groups is 1. The van der Waals surface area contributed by atoms with Crippen LogP contribution in [0.3, 0.4) is 0 Å². The van der Waals surface area contributed by atoms with Crippen molar-refractivity contribution in [1.29, 1.82) is 0 Å². The third-order valence-electron chi connectivity index (χ3n) is 9.53. The maximum atomic E-state index is 13.5. The second-order valence-electron chi connectivity index (χ2n) is 13.5. The van der Waals surface area contributed by atoms with Gasteiger partial charge in [-0.25, -0.2) is 0 Å². The molecule has 14 nitrogen and oxygen atoms in total. The number of carbonyl (C=O) groups excluding carboxylic acids is 1. The Morgan fingerprint density at radius 2 is 1.57 bits per heavy atom. The Labute approximate surface area is 327 Å². The fourth-order valence-electron chi connectivity index (χ4n) is 6.85. The summed E-state index contributed by atoms with van der Waals surface area (Å²) < 4.78 is 41.2. The van der Waals surface area contributed by atoms with Crippen molar-refractivity contribution in [2.75, 3.05) is 67.5 Å². The highest BCUT2D eigenvalue weighted by molar-refractivity contribution is 5.89. The fraction of sp³-hybridized carbons (Fsp3) is 0.452. The van der Waals surface area contributed by atoms with E-state index >= 15 is 0 Å². The summed E-state index contributed by atoms with van der Waals surface area (Å²) in [5, 5.41) is 22.3. The molecule has 0 bridgehead atoms. The normalized spacial score (nSPS) is 17.4. The fourth-order valence-corrected chi connectivity index (χ4v) is 6.85. The molecule has 4 atom stereocenters. The van der Waals surface area contributed by atoms with Crippen LogP contribution in [0.2, 0.25) is 0 Å². The summed E-state index contributed by atoms with van der Waals surface area (Å²) in [4.78, 5) is 30.2. The molecule has 1 heterocycles. The van der Waals surface area contributed by atoms with Gasteiger partial charge in [0.15, 0.2) is 0 Å². The zero-order valence-electron chi connectivity index (χ0n) is 32.2. The van der Waals surface area contributed by atoms with Crippen LogP contribution in [0.4, 0.5) is 0 Å². The van der Waals surface area contributed by atoms with Gasteiger partial charge in [-0.1, -0.05) is 54.6 Å². The van der Waals surface area contributed by atoms with Gasteiger partial charge in [-0.3, -0.25) is 4.79 Å². The summed E-state index contributed by atoms with van der Waals surface area (Å²) in [6.45, 7) is 1.98. The van der Waals surface area contributed by atoms with Gasteiger partial charge in [0, 0.05) is 49.9 Å². The first-order valence-electron chi connectivity index (χ1n) is 18.7. The lowest BCUT2D eigenvalue weighted by Gasteiger charge is -2.44. The molecule has 4 unspecified atom stereocenters. The Kier molecular flexibility index (Phi) is 16.5. The van der Waals surface area contributed by atoms with E-state index in [0.29, 0.717) is 32.0 Å². The van der Waals surface area contributed by atoms with Crippen LogP contribution in [0.25, 0.3) is 10.8 Å². The minimum Gasteiger partial charge on any atom is -0.496 e. The Bertz CT molecular complexity index is 1820. The average molecular weight is 777 g/mol. The molecule has 1 N–H and O–H groups in total. The maximum Gasteiger partial charge on any atom is 0.294 e. The third-order valence-corrected chi connectivity index (χ3v) is 9.53. The maximum absolute atomic E-state index is 13.5. The summed E-state index contributed by atoms with van der Waals surface area (Å²) in [6, 6.07) is 27.5. The van der Waals surface area contributed by atoms with Gasteiger partial charge in [-0.15, -0.1) is 10.1 Å². The van der Waals surface area contributed by atoms with Gasteiger partial charge in [0.1, 0.15) is 23.4 Å². The molecule has 0 saturated carbocycles. The van der Waals surface area contributed by atoms with E-state index in [1.807, 2.05) is 78.9 Å². The van der Waals surface area contributed by atoms with Crippen LogP contribution >= 0.6 is 0 Å². The van der Waals surface area contributed by atoms with E-state index in [2.05, 4.69) is 10.9 Å². The molecule has 1 amide bonds. The summed E-state index contributed by atoms with van der Waals surface area (Å²) in [5.41, 5.74) is 2.79. The molecule has 0 spiro atoms.